The monoisotopic (exact) mass is 360 g/mol. The van der Waals surface area contributed by atoms with Gasteiger partial charge < -0.3 is 5.32 Å². The van der Waals surface area contributed by atoms with Crippen LogP contribution in [0.2, 0.25) is 5.02 Å². The summed E-state index contributed by atoms with van der Waals surface area (Å²) in [5, 5.41) is 3.40. The van der Waals surface area contributed by atoms with Gasteiger partial charge in [0, 0.05) is 30.1 Å². The molecule has 0 fully saturated rings. The summed E-state index contributed by atoms with van der Waals surface area (Å²) in [6.45, 7) is 6.34. The molecule has 0 aromatic heterocycles. The van der Waals surface area contributed by atoms with Gasteiger partial charge in [0.15, 0.2) is 0 Å². The van der Waals surface area contributed by atoms with E-state index >= 15 is 0 Å². The Hall–Kier alpha value is -1.11. The Balaban J connectivity index is 2.59. The molecule has 23 heavy (non-hydrogen) atoms. The highest BCUT2D eigenvalue weighted by atomic mass is 35.5. The van der Waals surface area contributed by atoms with E-state index < -0.39 is 15.4 Å². The second kappa shape index (κ2) is 8.13. The van der Waals surface area contributed by atoms with Gasteiger partial charge in [-0.1, -0.05) is 44.5 Å². The number of nitrogens with one attached hydrogen (secondary N) is 1. The summed E-state index contributed by atoms with van der Waals surface area (Å²) in [5.41, 5.74) is 0.487. The normalized spacial score (nSPS) is 12.4. The molecule has 1 amide bonds. The SMILES string of the molecule is CC(C)(C)C(=O)NCCN(CCc1cccc(Cl)c1)S(C)(=O)=O. The fourth-order valence-corrected chi connectivity index (χ4v) is 3.01. The lowest BCUT2D eigenvalue weighted by atomic mass is 9.96. The molecule has 1 rings (SSSR count). The first-order valence-electron chi connectivity index (χ1n) is 7.48. The molecule has 0 aliphatic heterocycles. The zero-order valence-electron chi connectivity index (χ0n) is 14.1. The van der Waals surface area contributed by atoms with Crippen LogP contribution in [0.5, 0.6) is 0 Å². The molecule has 0 unspecified atom stereocenters. The Kier molecular flexibility index (Phi) is 7.04. The molecule has 0 spiro atoms. The van der Waals surface area contributed by atoms with Gasteiger partial charge in [-0.25, -0.2) is 12.7 Å². The van der Waals surface area contributed by atoms with E-state index in [-0.39, 0.29) is 12.5 Å². The lowest BCUT2D eigenvalue weighted by molar-refractivity contribution is -0.128. The first kappa shape index (κ1) is 19.9. The van der Waals surface area contributed by atoms with Gasteiger partial charge in [0.1, 0.15) is 0 Å². The highest BCUT2D eigenvalue weighted by Gasteiger charge is 2.22. The quantitative estimate of drug-likeness (QED) is 0.811. The van der Waals surface area contributed by atoms with Crippen molar-refractivity contribution < 1.29 is 13.2 Å². The molecular formula is C16H25ClN2O3S. The van der Waals surface area contributed by atoms with Crippen molar-refractivity contribution in [3.05, 3.63) is 34.9 Å². The van der Waals surface area contributed by atoms with Crippen LogP contribution < -0.4 is 5.32 Å². The number of sulfonamides is 1. The molecular weight excluding hydrogens is 336 g/mol. The van der Waals surface area contributed by atoms with Gasteiger partial charge in [-0.15, -0.1) is 0 Å². The van der Waals surface area contributed by atoms with E-state index in [1.54, 1.807) is 6.07 Å². The minimum absolute atomic E-state index is 0.0965. The fourth-order valence-electron chi connectivity index (χ4n) is 1.95. The first-order valence-corrected chi connectivity index (χ1v) is 9.70. The molecule has 0 aliphatic carbocycles. The van der Waals surface area contributed by atoms with Crippen molar-refractivity contribution in [1.82, 2.24) is 9.62 Å². The van der Waals surface area contributed by atoms with Gasteiger partial charge >= 0.3 is 0 Å². The number of benzene rings is 1. The minimum atomic E-state index is -3.33. The van der Waals surface area contributed by atoms with E-state index in [0.717, 1.165) is 5.56 Å². The second-order valence-electron chi connectivity index (χ2n) is 6.55. The molecule has 0 aliphatic rings. The molecule has 0 bridgehead atoms. The number of carbonyl (C=O) groups excluding carboxylic acids is 1. The summed E-state index contributed by atoms with van der Waals surface area (Å²) in [4.78, 5) is 11.8. The minimum Gasteiger partial charge on any atom is -0.354 e. The van der Waals surface area contributed by atoms with Crippen molar-refractivity contribution in [2.75, 3.05) is 25.9 Å². The molecule has 1 N–H and O–H groups in total. The van der Waals surface area contributed by atoms with Crippen LogP contribution in [-0.4, -0.2) is 44.5 Å². The predicted molar refractivity (Wildman–Crippen MR) is 94.0 cm³/mol. The molecule has 0 atom stereocenters. The Morgan fingerprint density at radius 3 is 2.43 bits per heavy atom. The van der Waals surface area contributed by atoms with Crippen molar-refractivity contribution in [3.8, 4) is 0 Å². The van der Waals surface area contributed by atoms with Crippen molar-refractivity contribution >= 4 is 27.5 Å². The molecule has 1 aromatic carbocycles. The molecule has 130 valence electrons. The largest absolute Gasteiger partial charge is 0.354 e. The maximum Gasteiger partial charge on any atom is 0.225 e. The second-order valence-corrected chi connectivity index (χ2v) is 8.97. The van der Waals surface area contributed by atoms with E-state index in [0.29, 0.717) is 24.5 Å². The van der Waals surface area contributed by atoms with Gasteiger partial charge in [0.05, 0.1) is 6.26 Å². The predicted octanol–water partition coefficient (Wildman–Crippen LogP) is 2.31. The Bertz CT molecular complexity index is 639. The number of halogens is 1. The van der Waals surface area contributed by atoms with Gasteiger partial charge in [0.25, 0.3) is 0 Å². The summed E-state index contributed by atoms with van der Waals surface area (Å²) in [6.07, 6.45) is 1.75. The Morgan fingerprint density at radius 2 is 1.91 bits per heavy atom. The number of nitrogens with zero attached hydrogens (tertiary/aromatic N) is 1. The van der Waals surface area contributed by atoms with Crippen LogP contribution >= 0.6 is 11.6 Å². The number of amides is 1. The van der Waals surface area contributed by atoms with Crippen LogP contribution in [-0.2, 0) is 21.2 Å². The summed E-state index contributed by atoms with van der Waals surface area (Å²) in [5.74, 6) is -0.0965. The molecule has 5 nitrogen and oxygen atoms in total. The Morgan fingerprint density at radius 1 is 1.26 bits per heavy atom. The van der Waals surface area contributed by atoms with Gasteiger partial charge in [-0.05, 0) is 24.1 Å². The number of hydrogen-bond donors (Lipinski definition) is 1. The lowest BCUT2D eigenvalue weighted by Crippen LogP contribution is -2.42. The van der Waals surface area contributed by atoms with Crippen LogP contribution in [0.3, 0.4) is 0 Å². The average molecular weight is 361 g/mol. The van der Waals surface area contributed by atoms with Gasteiger partial charge in [-0.2, -0.15) is 0 Å². The number of rotatable bonds is 7. The van der Waals surface area contributed by atoms with Crippen molar-refractivity contribution in [2.45, 2.75) is 27.2 Å². The van der Waals surface area contributed by atoms with Gasteiger partial charge in [0.2, 0.25) is 15.9 Å². The van der Waals surface area contributed by atoms with Crippen LogP contribution in [0.1, 0.15) is 26.3 Å². The summed E-state index contributed by atoms with van der Waals surface area (Å²) < 4.78 is 25.1. The number of carbonyl (C=O) groups is 1. The molecule has 0 radical (unpaired) electrons. The Labute approximate surface area is 144 Å². The van der Waals surface area contributed by atoms with Crippen LogP contribution in [0, 0.1) is 5.41 Å². The maximum atomic E-state index is 11.9. The third-order valence-corrected chi connectivity index (χ3v) is 4.87. The van der Waals surface area contributed by atoms with Crippen molar-refractivity contribution in [3.63, 3.8) is 0 Å². The standard InChI is InChI=1S/C16H25ClN2O3S/c1-16(2,3)15(20)18-9-11-19(23(4,21)22)10-8-13-6-5-7-14(17)12-13/h5-7,12H,8-11H2,1-4H3,(H,18,20). The third kappa shape index (κ3) is 7.33. The van der Waals surface area contributed by atoms with E-state index in [4.69, 9.17) is 11.6 Å². The summed E-state index contributed by atoms with van der Waals surface area (Å²) in [7, 11) is -3.33. The van der Waals surface area contributed by atoms with Crippen molar-refractivity contribution in [1.29, 1.82) is 0 Å². The average Bonchev–Trinajstić information content (AvgIpc) is 2.39. The summed E-state index contributed by atoms with van der Waals surface area (Å²) >= 11 is 5.93. The topological polar surface area (TPSA) is 66.5 Å². The highest BCUT2D eigenvalue weighted by Crippen LogP contribution is 2.13. The third-order valence-electron chi connectivity index (χ3n) is 3.34. The summed E-state index contributed by atoms with van der Waals surface area (Å²) in [6, 6.07) is 7.35. The molecule has 0 saturated heterocycles. The smallest absolute Gasteiger partial charge is 0.225 e. The zero-order valence-corrected chi connectivity index (χ0v) is 15.7. The van der Waals surface area contributed by atoms with E-state index in [1.807, 2.05) is 39.0 Å². The van der Waals surface area contributed by atoms with Crippen LogP contribution in [0.25, 0.3) is 0 Å². The zero-order chi connectivity index (χ0) is 17.7. The fraction of sp³-hybridized carbons (Fsp3) is 0.562. The lowest BCUT2D eigenvalue weighted by Gasteiger charge is -2.22. The first-order chi connectivity index (χ1) is 10.5. The maximum absolute atomic E-state index is 11.9. The van der Waals surface area contributed by atoms with E-state index in [1.165, 1.54) is 10.6 Å². The molecule has 0 heterocycles. The molecule has 0 saturated carbocycles. The van der Waals surface area contributed by atoms with Crippen LogP contribution in [0.15, 0.2) is 24.3 Å². The highest BCUT2D eigenvalue weighted by molar-refractivity contribution is 7.88. The molecule has 7 heteroatoms. The van der Waals surface area contributed by atoms with Crippen LogP contribution in [0.4, 0.5) is 0 Å². The number of hydrogen-bond acceptors (Lipinski definition) is 3. The molecule has 1 aromatic rings. The van der Waals surface area contributed by atoms with Gasteiger partial charge in [-0.3, -0.25) is 4.79 Å². The van der Waals surface area contributed by atoms with E-state index in [2.05, 4.69) is 5.32 Å². The van der Waals surface area contributed by atoms with E-state index in [9.17, 15) is 13.2 Å². The van der Waals surface area contributed by atoms with Crippen molar-refractivity contribution in [2.24, 2.45) is 5.41 Å².